The molecule has 0 radical (unpaired) electrons. The van der Waals surface area contributed by atoms with Crippen LogP contribution < -0.4 is 5.32 Å². The van der Waals surface area contributed by atoms with Gasteiger partial charge in [0.1, 0.15) is 5.72 Å². The summed E-state index contributed by atoms with van der Waals surface area (Å²) in [5.41, 5.74) is -0.0884. The topological polar surface area (TPSA) is 30.5 Å². The lowest BCUT2D eigenvalue weighted by molar-refractivity contribution is -0.0678. The predicted octanol–water partition coefficient (Wildman–Crippen LogP) is 2.06. The maximum atomic E-state index is 5.87. The predicted molar refractivity (Wildman–Crippen MR) is 59.8 cm³/mol. The van der Waals surface area contributed by atoms with E-state index in [0.717, 1.165) is 19.6 Å². The Bertz CT molecular complexity index is 224. The largest absolute Gasteiger partial charge is 0.378 e. The molecule has 2 rings (SSSR count). The van der Waals surface area contributed by atoms with Crippen LogP contribution in [0.2, 0.25) is 0 Å². The van der Waals surface area contributed by atoms with E-state index in [1.54, 1.807) is 0 Å². The second-order valence-corrected chi connectivity index (χ2v) is 5.72. The molecule has 0 amide bonds. The quantitative estimate of drug-likeness (QED) is 0.761. The number of nitrogens with one attached hydrogen (secondary N) is 1. The van der Waals surface area contributed by atoms with Crippen molar-refractivity contribution in [2.24, 2.45) is 0 Å². The molecule has 0 saturated carbocycles. The van der Waals surface area contributed by atoms with Gasteiger partial charge in [-0.25, -0.2) is 0 Å². The summed E-state index contributed by atoms with van der Waals surface area (Å²) < 4.78 is 11.6. The lowest BCUT2D eigenvalue weighted by atomic mass is 9.99. The van der Waals surface area contributed by atoms with Crippen LogP contribution in [0.5, 0.6) is 0 Å². The Morgan fingerprint density at radius 2 is 2.07 bits per heavy atom. The van der Waals surface area contributed by atoms with Crippen LogP contribution in [0, 0.1) is 0 Å². The molecular formula is C12H23NO2. The molecule has 2 atom stereocenters. The Hall–Kier alpha value is -0.120. The number of ether oxygens (including phenoxy) is 2. The third-order valence-electron chi connectivity index (χ3n) is 3.25. The third-order valence-corrected chi connectivity index (χ3v) is 3.25. The zero-order valence-corrected chi connectivity index (χ0v) is 10.1. The van der Waals surface area contributed by atoms with Gasteiger partial charge in [0, 0.05) is 18.6 Å². The van der Waals surface area contributed by atoms with E-state index in [4.69, 9.17) is 9.47 Å². The minimum Gasteiger partial charge on any atom is -0.378 e. The molecule has 1 N–H and O–H groups in total. The van der Waals surface area contributed by atoms with Crippen LogP contribution in [-0.2, 0) is 9.47 Å². The third kappa shape index (κ3) is 2.92. The molecule has 88 valence electrons. The number of rotatable bonds is 2. The molecule has 2 saturated heterocycles. The van der Waals surface area contributed by atoms with Crippen molar-refractivity contribution in [3.05, 3.63) is 0 Å². The average Bonchev–Trinajstić information content (AvgIpc) is 2.42. The van der Waals surface area contributed by atoms with Crippen LogP contribution in [0.15, 0.2) is 0 Å². The summed E-state index contributed by atoms with van der Waals surface area (Å²) in [6.07, 6.45) is 5.04. The van der Waals surface area contributed by atoms with Gasteiger partial charge in [-0.05, 0) is 40.0 Å². The average molecular weight is 213 g/mol. The van der Waals surface area contributed by atoms with E-state index >= 15 is 0 Å². The molecular weight excluding hydrogens is 190 g/mol. The van der Waals surface area contributed by atoms with Crippen molar-refractivity contribution in [1.29, 1.82) is 0 Å². The molecule has 2 aliphatic heterocycles. The second kappa shape index (κ2) is 4.04. The van der Waals surface area contributed by atoms with E-state index in [1.807, 2.05) is 0 Å². The molecule has 2 fully saturated rings. The number of hydrogen-bond acceptors (Lipinski definition) is 3. The minimum absolute atomic E-state index is 0.101. The second-order valence-electron chi connectivity index (χ2n) is 5.72. The van der Waals surface area contributed by atoms with Gasteiger partial charge in [0.05, 0.1) is 12.7 Å². The van der Waals surface area contributed by atoms with Crippen molar-refractivity contribution in [2.75, 3.05) is 13.2 Å². The maximum absolute atomic E-state index is 5.87. The van der Waals surface area contributed by atoms with Gasteiger partial charge in [0.2, 0.25) is 0 Å². The Morgan fingerprint density at radius 1 is 1.27 bits per heavy atom. The summed E-state index contributed by atoms with van der Waals surface area (Å²) in [7, 11) is 0. The Labute approximate surface area is 92.5 Å². The first-order valence-electron chi connectivity index (χ1n) is 6.04. The molecule has 2 aliphatic rings. The summed E-state index contributed by atoms with van der Waals surface area (Å²) in [6, 6.07) is 0. The molecule has 3 heteroatoms. The highest BCUT2D eigenvalue weighted by atomic mass is 16.5. The SMILES string of the molecule is CC1(C)COC(C)(CC2CCCCO2)N1. The monoisotopic (exact) mass is 213 g/mol. The van der Waals surface area contributed by atoms with Gasteiger partial charge in [-0.3, -0.25) is 5.32 Å². The van der Waals surface area contributed by atoms with Gasteiger partial charge >= 0.3 is 0 Å². The normalized spacial score (nSPS) is 40.6. The van der Waals surface area contributed by atoms with Gasteiger partial charge < -0.3 is 9.47 Å². The fourth-order valence-corrected chi connectivity index (χ4v) is 2.64. The Balaban J connectivity index is 1.88. The lowest BCUT2D eigenvalue weighted by Gasteiger charge is -2.32. The lowest BCUT2D eigenvalue weighted by Crippen LogP contribution is -2.48. The summed E-state index contributed by atoms with van der Waals surface area (Å²) in [5.74, 6) is 0. The van der Waals surface area contributed by atoms with Gasteiger partial charge in [-0.2, -0.15) is 0 Å². The van der Waals surface area contributed by atoms with Crippen LogP contribution in [0.1, 0.15) is 46.5 Å². The van der Waals surface area contributed by atoms with E-state index in [0.29, 0.717) is 6.10 Å². The number of hydrogen-bond donors (Lipinski definition) is 1. The van der Waals surface area contributed by atoms with Crippen molar-refractivity contribution < 1.29 is 9.47 Å². The van der Waals surface area contributed by atoms with E-state index in [2.05, 4.69) is 26.1 Å². The van der Waals surface area contributed by atoms with Gasteiger partial charge in [0.25, 0.3) is 0 Å². The van der Waals surface area contributed by atoms with Gasteiger partial charge in [0.15, 0.2) is 0 Å². The molecule has 0 aromatic carbocycles. The standard InChI is InChI=1S/C12H23NO2/c1-11(2)9-15-12(3,13-11)8-10-6-4-5-7-14-10/h10,13H,4-9H2,1-3H3. The smallest absolute Gasteiger partial charge is 0.119 e. The highest BCUT2D eigenvalue weighted by molar-refractivity contribution is 4.93. The zero-order valence-electron chi connectivity index (χ0n) is 10.1. The molecule has 3 nitrogen and oxygen atoms in total. The van der Waals surface area contributed by atoms with Gasteiger partial charge in [-0.1, -0.05) is 0 Å². The molecule has 0 bridgehead atoms. The first-order valence-corrected chi connectivity index (χ1v) is 6.04. The van der Waals surface area contributed by atoms with Crippen molar-refractivity contribution >= 4 is 0 Å². The van der Waals surface area contributed by atoms with E-state index in [9.17, 15) is 0 Å². The molecule has 15 heavy (non-hydrogen) atoms. The first-order chi connectivity index (χ1) is 6.99. The van der Waals surface area contributed by atoms with Crippen molar-refractivity contribution in [2.45, 2.75) is 63.8 Å². The van der Waals surface area contributed by atoms with Crippen LogP contribution >= 0.6 is 0 Å². The molecule has 0 aromatic heterocycles. The molecule has 2 unspecified atom stereocenters. The van der Waals surface area contributed by atoms with E-state index in [-0.39, 0.29) is 11.3 Å². The fourth-order valence-electron chi connectivity index (χ4n) is 2.64. The first kappa shape index (κ1) is 11.4. The fraction of sp³-hybridized carbons (Fsp3) is 1.00. The van der Waals surface area contributed by atoms with Crippen LogP contribution in [0.4, 0.5) is 0 Å². The Kier molecular flexibility index (Phi) is 3.06. The maximum Gasteiger partial charge on any atom is 0.119 e. The summed E-state index contributed by atoms with van der Waals surface area (Å²) in [5, 5.41) is 3.55. The van der Waals surface area contributed by atoms with Crippen LogP contribution in [0.3, 0.4) is 0 Å². The highest BCUT2D eigenvalue weighted by Crippen LogP contribution is 2.30. The van der Waals surface area contributed by atoms with Crippen LogP contribution in [-0.4, -0.2) is 30.6 Å². The summed E-state index contributed by atoms with van der Waals surface area (Å²) in [6.45, 7) is 8.21. The van der Waals surface area contributed by atoms with Gasteiger partial charge in [-0.15, -0.1) is 0 Å². The van der Waals surface area contributed by atoms with E-state index in [1.165, 1.54) is 19.3 Å². The summed E-state index contributed by atoms with van der Waals surface area (Å²) in [4.78, 5) is 0. The van der Waals surface area contributed by atoms with Crippen LogP contribution in [0.25, 0.3) is 0 Å². The van der Waals surface area contributed by atoms with Crippen molar-refractivity contribution in [3.8, 4) is 0 Å². The zero-order chi connectivity index (χ0) is 10.9. The Morgan fingerprint density at radius 3 is 2.60 bits per heavy atom. The van der Waals surface area contributed by atoms with E-state index < -0.39 is 0 Å². The highest BCUT2D eigenvalue weighted by Gasteiger charge is 2.41. The van der Waals surface area contributed by atoms with Crippen molar-refractivity contribution in [3.63, 3.8) is 0 Å². The molecule has 0 aromatic rings. The molecule has 2 heterocycles. The minimum atomic E-state index is -0.189. The molecule has 0 aliphatic carbocycles. The summed E-state index contributed by atoms with van der Waals surface area (Å²) >= 11 is 0. The molecule has 0 spiro atoms. The van der Waals surface area contributed by atoms with Crippen molar-refractivity contribution in [1.82, 2.24) is 5.32 Å².